The first-order chi connectivity index (χ1) is 16.5. The van der Waals surface area contributed by atoms with E-state index in [1.54, 1.807) is 29.0 Å². The van der Waals surface area contributed by atoms with Gasteiger partial charge in [0.25, 0.3) is 0 Å². The number of rotatable bonds is 8. The van der Waals surface area contributed by atoms with Gasteiger partial charge in [0.15, 0.2) is 0 Å². The van der Waals surface area contributed by atoms with Gasteiger partial charge in [0, 0.05) is 37.8 Å². The SMILES string of the molecule is COCCN(Cc1cccn1Cc1cccc(C(F)(F)F)c1)C(=O)Nc1cccc(C(F)(F)F)c1. The Balaban J connectivity index is 1.77. The fraction of sp³-hybridized carbons (Fsp3) is 0.292. The van der Waals surface area contributed by atoms with Gasteiger partial charge in [-0.15, -0.1) is 0 Å². The summed E-state index contributed by atoms with van der Waals surface area (Å²) in [5.74, 6) is 0. The molecule has 0 bridgehead atoms. The summed E-state index contributed by atoms with van der Waals surface area (Å²) in [6, 6.07) is 12.0. The first-order valence-corrected chi connectivity index (χ1v) is 10.5. The molecule has 0 radical (unpaired) electrons. The molecule has 0 fully saturated rings. The Kier molecular flexibility index (Phi) is 8.11. The quantitative estimate of drug-likeness (QED) is 0.372. The van der Waals surface area contributed by atoms with E-state index in [4.69, 9.17) is 4.74 Å². The highest BCUT2D eigenvalue weighted by molar-refractivity contribution is 5.89. The Labute approximate surface area is 197 Å². The number of carbonyl (C=O) groups is 1. The molecule has 0 aliphatic heterocycles. The number of hydrogen-bond donors (Lipinski definition) is 1. The second-order valence-corrected chi connectivity index (χ2v) is 7.75. The average molecular weight is 499 g/mol. The number of benzene rings is 2. The van der Waals surface area contributed by atoms with Crippen LogP contribution in [-0.2, 0) is 30.2 Å². The molecule has 2 aromatic carbocycles. The van der Waals surface area contributed by atoms with Crippen molar-refractivity contribution in [1.82, 2.24) is 9.47 Å². The lowest BCUT2D eigenvalue weighted by molar-refractivity contribution is -0.138. The van der Waals surface area contributed by atoms with Gasteiger partial charge in [-0.2, -0.15) is 26.3 Å². The van der Waals surface area contributed by atoms with Gasteiger partial charge in [-0.05, 0) is 48.0 Å². The molecule has 188 valence electrons. The molecule has 0 unspecified atom stereocenters. The zero-order valence-electron chi connectivity index (χ0n) is 18.7. The van der Waals surface area contributed by atoms with Crippen molar-refractivity contribution in [2.45, 2.75) is 25.4 Å². The van der Waals surface area contributed by atoms with Gasteiger partial charge in [-0.3, -0.25) is 0 Å². The van der Waals surface area contributed by atoms with Crippen molar-refractivity contribution < 1.29 is 35.9 Å². The number of halogens is 6. The van der Waals surface area contributed by atoms with Crippen LogP contribution in [0.15, 0.2) is 66.9 Å². The molecule has 0 saturated carbocycles. The van der Waals surface area contributed by atoms with Crippen LogP contribution in [-0.4, -0.2) is 35.8 Å². The lowest BCUT2D eigenvalue weighted by Gasteiger charge is -2.24. The van der Waals surface area contributed by atoms with Gasteiger partial charge in [0.2, 0.25) is 0 Å². The van der Waals surface area contributed by atoms with Gasteiger partial charge in [0.05, 0.1) is 24.3 Å². The molecule has 1 aromatic heterocycles. The minimum Gasteiger partial charge on any atom is -0.383 e. The molecule has 0 aliphatic carbocycles. The Morgan fingerprint density at radius 3 is 2.26 bits per heavy atom. The van der Waals surface area contributed by atoms with E-state index in [1.165, 1.54) is 30.2 Å². The summed E-state index contributed by atoms with van der Waals surface area (Å²) in [6.07, 6.45) is -7.34. The van der Waals surface area contributed by atoms with Crippen molar-refractivity contribution in [3.05, 3.63) is 89.2 Å². The van der Waals surface area contributed by atoms with Gasteiger partial charge in [-0.1, -0.05) is 18.2 Å². The molecule has 0 atom stereocenters. The number of amides is 2. The van der Waals surface area contributed by atoms with Crippen molar-refractivity contribution in [2.75, 3.05) is 25.6 Å². The Morgan fingerprint density at radius 2 is 1.60 bits per heavy atom. The maximum atomic E-state index is 13.0. The van der Waals surface area contributed by atoms with Crippen LogP contribution in [0.5, 0.6) is 0 Å². The van der Waals surface area contributed by atoms with E-state index in [0.717, 1.165) is 24.3 Å². The highest BCUT2D eigenvalue weighted by atomic mass is 19.4. The van der Waals surface area contributed by atoms with Crippen LogP contribution in [0, 0.1) is 0 Å². The monoisotopic (exact) mass is 499 g/mol. The molecule has 0 saturated heterocycles. The van der Waals surface area contributed by atoms with Gasteiger partial charge in [0.1, 0.15) is 0 Å². The number of ether oxygens (including phenoxy) is 1. The highest BCUT2D eigenvalue weighted by Gasteiger charge is 2.31. The summed E-state index contributed by atoms with van der Waals surface area (Å²) in [5.41, 5.74) is -0.627. The van der Waals surface area contributed by atoms with Crippen LogP contribution in [0.2, 0.25) is 0 Å². The predicted molar refractivity (Wildman–Crippen MR) is 118 cm³/mol. The molecule has 5 nitrogen and oxygen atoms in total. The molecule has 2 amide bonds. The number of hydrogen-bond acceptors (Lipinski definition) is 2. The van der Waals surface area contributed by atoms with Crippen LogP contribution in [0.1, 0.15) is 22.4 Å². The Hall–Kier alpha value is -3.47. The van der Waals surface area contributed by atoms with Crippen LogP contribution in [0.25, 0.3) is 0 Å². The molecule has 0 aliphatic rings. The summed E-state index contributed by atoms with van der Waals surface area (Å²) in [7, 11) is 1.44. The largest absolute Gasteiger partial charge is 0.416 e. The van der Waals surface area contributed by atoms with Crippen LogP contribution >= 0.6 is 0 Å². The molecule has 35 heavy (non-hydrogen) atoms. The number of carbonyl (C=O) groups excluding carboxylic acids is 1. The van der Waals surface area contributed by atoms with Crippen LogP contribution in [0.3, 0.4) is 0 Å². The average Bonchev–Trinajstić information content (AvgIpc) is 3.22. The lowest BCUT2D eigenvalue weighted by atomic mass is 10.1. The van der Waals surface area contributed by atoms with E-state index in [9.17, 15) is 31.1 Å². The summed E-state index contributed by atoms with van der Waals surface area (Å²) >= 11 is 0. The number of anilines is 1. The predicted octanol–water partition coefficient (Wildman–Crippen LogP) is 6.25. The Bertz CT molecular complexity index is 1140. The second-order valence-electron chi connectivity index (χ2n) is 7.75. The van der Waals surface area contributed by atoms with E-state index < -0.39 is 29.5 Å². The molecule has 1 heterocycles. The number of aromatic nitrogens is 1. The zero-order chi connectivity index (χ0) is 25.6. The van der Waals surface area contributed by atoms with E-state index in [2.05, 4.69) is 5.32 Å². The number of nitrogens with one attached hydrogen (secondary N) is 1. The maximum Gasteiger partial charge on any atom is 0.416 e. The number of nitrogens with zero attached hydrogens (tertiary/aromatic N) is 2. The van der Waals surface area contributed by atoms with E-state index in [-0.39, 0.29) is 31.9 Å². The Morgan fingerprint density at radius 1 is 0.943 bits per heavy atom. The molecule has 11 heteroatoms. The van der Waals surface area contributed by atoms with Crippen molar-refractivity contribution in [1.29, 1.82) is 0 Å². The smallest absolute Gasteiger partial charge is 0.383 e. The molecule has 3 aromatic rings. The van der Waals surface area contributed by atoms with Crippen molar-refractivity contribution in [3.63, 3.8) is 0 Å². The van der Waals surface area contributed by atoms with Crippen LogP contribution < -0.4 is 5.32 Å². The van der Waals surface area contributed by atoms with E-state index >= 15 is 0 Å². The molecular formula is C24H23F6N3O2. The third-order valence-electron chi connectivity index (χ3n) is 5.18. The third-order valence-corrected chi connectivity index (χ3v) is 5.18. The van der Waals surface area contributed by atoms with Crippen LogP contribution in [0.4, 0.5) is 36.8 Å². The lowest BCUT2D eigenvalue weighted by Crippen LogP contribution is -2.37. The molecule has 3 rings (SSSR count). The fourth-order valence-electron chi connectivity index (χ4n) is 3.42. The zero-order valence-corrected chi connectivity index (χ0v) is 18.7. The number of alkyl halides is 6. The van der Waals surface area contributed by atoms with Crippen molar-refractivity contribution in [2.24, 2.45) is 0 Å². The normalized spacial score (nSPS) is 12.0. The molecular weight excluding hydrogens is 476 g/mol. The first kappa shape index (κ1) is 26.1. The topological polar surface area (TPSA) is 46.5 Å². The second kappa shape index (κ2) is 10.9. The third kappa shape index (κ3) is 7.25. The van der Waals surface area contributed by atoms with Gasteiger partial charge < -0.3 is 19.5 Å². The summed E-state index contributed by atoms with van der Waals surface area (Å²) in [4.78, 5) is 14.2. The minimum absolute atomic E-state index is 0.0217. The fourth-order valence-corrected chi connectivity index (χ4v) is 3.42. The van der Waals surface area contributed by atoms with E-state index in [0.29, 0.717) is 11.3 Å². The van der Waals surface area contributed by atoms with Crippen molar-refractivity contribution >= 4 is 11.7 Å². The van der Waals surface area contributed by atoms with E-state index in [1.807, 2.05) is 0 Å². The first-order valence-electron chi connectivity index (χ1n) is 10.5. The van der Waals surface area contributed by atoms with Gasteiger partial charge in [-0.25, -0.2) is 4.79 Å². The number of methoxy groups -OCH3 is 1. The summed E-state index contributed by atoms with van der Waals surface area (Å²) < 4.78 is 84.8. The minimum atomic E-state index is -4.55. The summed E-state index contributed by atoms with van der Waals surface area (Å²) in [5, 5.41) is 2.47. The summed E-state index contributed by atoms with van der Waals surface area (Å²) in [6.45, 7) is 0.500. The molecule has 1 N–H and O–H groups in total. The van der Waals surface area contributed by atoms with Gasteiger partial charge >= 0.3 is 18.4 Å². The maximum absolute atomic E-state index is 13.0. The molecule has 0 spiro atoms. The standard InChI is InChI=1S/C24H23F6N3O2/c1-35-12-11-33(22(34)31-20-8-3-7-19(14-20)24(28,29)30)16-21-9-4-10-32(21)15-17-5-2-6-18(13-17)23(25,26)27/h2-10,13-14H,11-12,15-16H2,1H3,(H,31,34). The highest BCUT2D eigenvalue weighted by Crippen LogP contribution is 2.31. The van der Waals surface area contributed by atoms with Crippen molar-refractivity contribution in [3.8, 4) is 0 Å². The number of urea groups is 1.